The molecular formula is C31H26ClN5O4S2. The molecule has 1 atom stereocenters. The highest BCUT2D eigenvalue weighted by atomic mass is 35.5. The highest BCUT2D eigenvalue weighted by Gasteiger charge is 2.49. The Balaban J connectivity index is 1.44. The topological polar surface area (TPSA) is 110 Å². The number of aryl methyl sites for hydroxylation is 2. The number of fused-ring (bicyclic) bond motifs is 1. The van der Waals surface area contributed by atoms with Gasteiger partial charge in [0.2, 0.25) is 5.13 Å². The molecule has 1 N–H and O–H groups in total. The summed E-state index contributed by atoms with van der Waals surface area (Å²) in [4.78, 5) is 33.3. The van der Waals surface area contributed by atoms with Gasteiger partial charge in [-0.3, -0.25) is 14.5 Å². The molecule has 0 radical (unpaired) electrons. The second kappa shape index (κ2) is 11.8. The fourth-order valence-corrected chi connectivity index (χ4v) is 7.20. The summed E-state index contributed by atoms with van der Waals surface area (Å²) in [7, 11) is 0. The first-order valence-electron chi connectivity index (χ1n) is 13.5. The SMILES string of the molecule is CCOc1ccc(C2/C(=C(\O)c3nc4c(C)cccn4c3C)C(=O)C(=O)N2c2nnc(SCc3ccccc3Cl)s2)cc1. The number of aliphatic hydroxyl groups excluding tert-OH is 1. The molecule has 0 spiro atoms. The molecule has 0 saturated carbocycles. The van der Waals surface area contributed by atoms with Crippen molar-refractivity contribution >= 4 is 62.9 Å². The second-order valence-corrected chi connectivity index (χ2v) is 12.4. The molecule has 1 amide bonds. The van der Waals surface area contributed by atoms with E-state index in [1.165, 1.54) is 28.0 Å². The van der Waals surface area contributed by atoms with Crippen LogP contribution in [0.2, 0.25) is 5.02 Å². The largest absolute Gasteiger partial charge is 0.505 e. The van der Waals surface area contributed by atoms with Crippen LogP contribution in [0.3, 0.4) is 0 Å². The van der Waals surface area contributed by atoms with Crippen LogP contribution in [0.15, 0.2) is 76.8 Å². The zero-order chi connectivity index (χ0) is 30.2. The van der Waals surface area contributed by atoms with Crippen LogP contribution in [0, 0.1) is 13.8 Å². The Hall–Kier alpha value is -4.19. The molecule has 0 aliphatic carbocycles. The lowest BCUT2D eigenvalue weighted by atomic mass is 9.96. The molecular weight excluding hydrogens is 606 g/mol. The van der Waals surface area contributed by atoms with Crippen LogP contribution in [-0.4, -0.2) is 43.0 Å². The molecule has 3 aromatic heterocycles. The summed E-state index contributed by atoms with van der Waals surface area (Å²) >= 11 is 8.93. The van der Waals surface area contributed by atoms with Crippen molar-refractivity contribution in [3.8, 4) is 5.75 Å². The molecule has 12 heteroatoms. The number of Topliss-reactive ketones (excluding diaryl/α,β-unsaturated/α-hetero) is 1. The third-order valence-electron chi connectivity index (χ3n) is 7.17. The molecule has 218 valence electrons. The Morgan fingerprint density at radius 2 is 1.84 bits per heavy atom. The van der Waals surface area contributed by atoms with Crippen LogP contribution in [0.1, 0.15) is 41.0 Å². The molecule has 1 fully saturated rings. The number of hydrogen-bond donors (Lipinski definition) is 1. The number of ether oxygens (including phenoxy) is 1. The van der Waals surface area contributed by atoms with Gasteiger partial charge in [-0.15, -0.1) is 10.2 Å². The van der Waals surface area contributed by atoms with Gasteiger partial charge in [0.15, 0.2) is 10.1 Å². The van der Waals surface area contributed by atoms with Crippen LogP contribution < -0.4 is 9.64 Å². The Bertz CT molecular complexity index is 1900. The first-order valence-corrected chi connectivity index (χ1v) is 15.6. The van der Waals surface area contributed by atoms with Gasteiger partial charge in [0.05, 0.1) is 23.9 Å². The minimum Gasteiger partial charge on any atom is -0.505 e. The van der Waals surface area contributed by atoms with Gasteiger partial charge in [-0.1, -0.05) is 71.1 Å². The van der Waals surface area contributed by atoms with Gasteiger partial charge in [-0.05, 0) is 61.7 Å². The van der Waals surface area contributed by atoms with E-state index in [4.69, 9.17) is 16.3 Å². The van der Waals surface area contributed by atoms with E-state index in [0.717, 1.165) is 11.1 Å². The van der Waals surface area contributed by atoms with Crippen molar-refractivity contribution in [2.24, 2.45) is 0 Å². The highest BCUT2D eigenvalue weighted by molar-refractivity contribution is 8.00. The lowest BCUT2D eigenvalue weighted by molar-refractivity contribution is -0.132. The minimum atomic E-state index is -0.963. The predicted molar refractivity (Wildman–Crippen MR) is 168 cm³/mol. The van der Waals surface area contributed by atoms with Crippen molar-refractivity contribution in [1.29, 1.82) is 0 Å². The van der Waals surface area contributed by atoms with E-state index in [1.54, 1.807) is 24.3 Å². The van der Waals surface area contributed by atoms with E-state index < -0.39 is 17.7 Å². The van der Waals surface area contributed by atoms with Gasteiger partial charge in [-0.2, -0.15) is 0 Å². The lowest BCUT2D eigenvalue weighted by Crippen LogP contribution is -2.29. The number of carbonyl (C=O) groups is 2. The number of anilines is 1. The number of imidazole rings is 1. The summed E-state index contributed by atoms with van der Waals surface area (Å²) in [6, 6.07) is 17.5. The number of halogens is 1. The van der Waals surface area contributed by atoms with Crippen LogP contribution in [0.5, 0.6) is 5.75 Å². The number of rotatable bonds is 8. The first kappa shape index (κ1) is 28.9. The zero-order valence-corrected chi connectivity index (χ0v) is 25.8. The molecule has 0 bridgehead atoms. The van der Waals surface area contributed by atoms with E-state index in [0.29, 0.717) is 44.4 Å². The molecule has 4 heterocycles. The van der Waals surface area contributed by atoms with Crippen molar-refractivity contribution in [2.75, 3.05) is 11.5 Å². The molecule has 5 aromatic rings. The Morgan fingerprint density at radius 3 is 2.56 bits per heavy atom. The van der Waals surface area contributed by atoms with Gasteiger partial charge in [-0.25, -0.2) is 4.98 Å². The third-order valence-corrected chi connectivity index (χ3v) is 9.64. The number of thioether (sulfide) groups is 1. The zero-order valence-electron chi connectivity index (χ0n) is 23.4. The van der Waals surface area contributed by atoms with Gasteiger partial charge < -0.3 is 14.2 Å². The Morgan fingerprint density at radius 1 is 1.07 bits per heavy atom. The molecule has 1 aliphatic heterocycles. The van der Waals surface area contributed by atoms with Gasteiger partial charge in [0.1, 0.15) is 17.1 Å². The normalized spacial score (nSPS) is 16.4. The molecule has 6 rings (SSSR count). The number of hydrogen-bond acceptors (Lipinski definition) is 9. The number of benzene rings is 2. The highest BCUT2D eigenvalue weighted by Crippen LogP contribution is 2.44. The summed E-state index contributed by atoms with van der Waals surface area (Å²) in [5.74, 6) is -0.786. The second-order valence-electron chi connectivity index (χ2n) is 9.83. The van der Waals surface area contributed by atoms with Crippen molar-refractivity contribution in [1.82, 2.24) is 19.6 Å². The van der Waals surface area contributed by atoms with Crippen LogP contribution in [0.4, 0.5) is 5.13 Å². The number of pyridine rings is 1. The number of amides is 1. The molecule has 2 aromatic carbocycles. The molecule has 1 aliphatic rings. The summed E-state index contributed by atoms with van der Waals surface area (Å²) in [6.45, 7) is 6.10. The fraction of sp³-hybridized carbons (Fsp3) is 0.194. The summed E-state index contributed by atoms with van der Waals surface area (Å²) < 4.78 is 8.05. The van der Waals surface area contributed by atoms with Gasteiger partial charge >= 0.3 is 5.91 Å². The Kier molecular flexibility index (Phi) is 7.95. The maximum absolute atomic E-state index is 13.7. The van der Waals surface area contributed by atoms with Crippen LogP contribution in [0.25, 0.3) is 11.4 Å². The smallest absolute Gasteiger partial charge is 0.301 e. The minimum absolute atomic E-state index is 0.0706. The maximum atomic E-state index is 13.7. The summed E-state index contributed by atoms with van der Waals surface area (Å²) in [5.41, 5.74) is 3.90. The molecule has 43 heavy (non-hydrogen) atoms. The number of aliphatic hydroxyl groups is 1. The molecule has 1 unspecified atom stereocenters. The monoisotopic (exact) mass is 631 g/mol. The predicted octanol–water partition coefficient (Wildman–Crippen LogP) is 6.77. The fourth-order valence-electron chi connectivity index (χ4n) is 5.05. The van der Waals surface area contributed by atoms with Gasteiger partial charge in [0.25, 0.3) is 5.78 Å². The molecule has 1 saturated heterocycles. The summed E-state index contributed by atoms with van der Waals surface area (Å²) in [5, 5.41) is 21.2. The standard InChI is InChI=1S/C31H26ClN5O4S2/c1-4-41-21-13-11-19(12-14-21)25-23(26(38)24-18(3)36-15-7-8-17(2)28(36)33-24)27(39)29(40)37(25)30-34-35-31(43-30)42-16-20-9-5-6-10-22(20)32/h5-15,25,38H,4,16H2,1-3H3/b26-23+. The van der Waals surface area contributed by atoms with E-state index in [9.17, 15) is 14.7 Å². The van der Waals surface area contributed by atoms with Crippen molar-refractivity contribution < 1.29 is 19.4 Å². The summed E-state index contributed by atoms with van der Waals surface area (Å²) in [6.07, 6.45) is 1.84. The quantitative estimate of drug-likeness (QED) is 0.0657. The first-order chi connectivity index (χ1) is 20.8. The van der Waals surface area contributed by atoms with Crippen molar-refractivity contribution in [2.45, 2.75) is 36.9 Å². The van der Waals surface area contributed by atoms with Crippen LogP contribution >= 0.6 is 34.7 Å². The maximum Gasteiger partial charge on any atom is 0.301 e. The number of ketones is 1. The van der Waals surface area contributed by atoms with E-state index >= 15 is 0 Å². The molecule has 9 nitrogen and oxygen atoms in total. The Labute approximate surface area is 260 Å². The van der Waals surface area contributed by atoms with Crippen molar-refractivity contribution in [3.05, 3.63) is 106 Å². The average molecular weight is 632 g/mol. The average Bonchev–Trinajstić information content (AvgIpc) is 3.68. The van der Waals surface area contributed by atoms with Crippen LogP contribution in [-0.2, 0) is 15.3 Å². The third kappa shape index (κ3) is 5.28. The van der Waals surface area contributed by atoms with Gasteiger partial charge in [0, 0.05) is 17.0 Å². The lowest BCUT2D eigenvalue weighted by Gasteiger charge is -2.22. The number of carbonyl (C=O) groups excluding carboxylic acids is 2. The number of aromatic nitrogens is 4. The number of nitrogens with zero attached hydrogens (tertiary/aromatic N) is 5. The van der Waals surface area contributed by atoms with E-state index in [2.05, 4.69) is 15.2 Å². The van der Waals surface area contributed by atoms with Crippen molar-refractivity contribution in [3.63, 3.8) is 0 Å². The van der Waals surface area contributed by atoms with E-state index in [1.807, 2.05) is 67.8 Å². The van der Waals surface area contributed by atoms with E-state index in [-0.39, 0.29) is 22.2 Å².